The zero-order chi connectivity index (χ0) is 23.4. The number of amides is 2. The van der Waals surface area contributed by atoms with Gasteiger partial charge in [0, 0.05) is 23.0 Å². The van der Waals surface area contributed by atoms with Gasteiger partial charge < -0.3 is 19.7 Å². The summed E-state index contributed by atoms with van der Waals surface area (Å²) in [6, 6.07) is 7.96. The van der Waals surface area contributed by atoms with E-state index in [0.29, 0.717) is 30.6 Å². The first-order valence-electron chi connectivity index (χ1n) is 11.3. The Morgan fingerprint density at radius 2 is 2.03 bits per heavy atom. The van der Waals surface area contributed by atoms with Gasteiger partial charge in [-0.2, -0.15) is 0 Å². The highest BCUT2D eigenvalue weighted by Crippen LogP contribution is 2.41. The van der Waals surface area contributed by atoms with E-state index in [2.05, 4.69) is 16.4 Å². The van der Waals surface area contributed by atoms with Crippen molar-refractivity contribution in [3.63, 3.8) is 0 Å². The molecule has 0 spiro atoms. The van der Waals surface area contributed by atoms with Crippen molar-refractivity contribution in [2.45, 2.75) is 70.4 Å². The van der Waals surface area contributed by atoms with Crippen molar-refractivity contribution < 1.29 is 19.1 Å². The number of hydrogen-bond donors (Lipinski definition) is 1. The van der Waals surface area contributed by atoms with Crippen molar-refractivity contribution in [2.24, 2.45) is 4.99 Å². The Morgan fingerprint density at radius 1 is 1.31 bits per heavy atom. The average molecular weight is 464 g/mol. The molecule has 2 amide bonds. The van der Waals surface area contributed by atoms with Crippen molar-refractivity contribution in [1.29, 1.82) is 0 Å². The Bertz CT molecular complexity index is 857. The van der Waals surface area contributed by atoms with Gasteiger partial charge in [0.15, 0.2) is 0 Å². The predicted octanol–water partition coefficient (Wildman–Crippen LogP) is 4.32. The Balaban J connectivity index is 1.73. The smallest absolute Gasteiger partial charge is 0.407 e. The number of halogens is 1. The number of carbonyl (C=O) groups is 2. The summed E-state index contributed by atoms with van der Waals surface area (Å²) in [5.41, 5.74) is 0.272. The summed E-state index contributed by atoms with van der Waals surface area (Å²) >= 11 is 6.30. The fourth-order valence-electron chi connectivity index (χ4n) is 4.53. The first kappa shape index (κ1) is 24.4. The van der Waals surface area contributed by atoms with E-state index >= 15 is 0 Å². The molecule has 1 heterocycles. The monoisotopic (exact) mass is 463 g/mol. The first-order chi connectivity index (χ1) is 15.1. The second-order valence-electron chi connectivity index (χ2n) is 9.54. The molecule has 0 saturated heterocycles. The fraction of sp³-hybridized carbons (Fsp3) is 0.625. The van der Waals surface area contributed by atoms with Crippen LogP contribution in [0.5, 0.6) is 0 Å². The van der Waals surface area contributed by atoms with Gasteiger partial charge >= 0.3 is 6.09 Å². The van der Waals surface area contributed by atoms with Crippen LogP contribution in [0.4, 0.5) is 4.79 Å². The van der Waals surface area contributed by atoms with Crippen molar-refractivity contribution >= 4 is 29.5 Å². The van der Waals surface area contributed by atoms with Crippen LogP contribution in [0.15, 0.2) is 29.3 Å². The lowest BCUT2D eigenvalue weighted by atomic mass is 9.67. The molecule has 1 N–H and O–H groups in total. The van der Waals surface area contributed by atoms with Gasteiger partial charge in [-0.1, -0.05) is 23.7 Å². The van der Waals surface area contributed by atoms with Gasteiger partial charge in [0.25, 0.3) is 0 Å². The van der Waals surface area contributed by atoms with Gasteiger partial charge in [0.05, 0.1) is 13.2 Å². The minimum absolute atomic E-state index is 0.0422. The Hall–Kier alpha value is -2.28. The maximum atomic E-state index is 12.5. The normalized spacial score (nSPS) is 24.0. The number of hydrogen-bond acceptors (Lipinski definition) is 5. The lowest BCUT2D eigenvalue weighted by Gasteiger charge is -2.44. The van der Waals surface area contributed by atoms with Crippen LogP contribution in [0.3, 0.4) is 0 Å². The third-order valence-corrected chi connectivity index (χ3v) is 6.32. The molecule has 1 aliphatic carbocycles. The molecule has 1 aromatic rings. The topological polar surface area (TPSA) is 80.2 Å². The molecule has 32 heavy (non-hydrogen) atoms. The standard InChI is InChI=1S/C24H34ClN3O4/c1-5-31-20-15-28(21(29)14-26-20)19-9-11-24(12-10-19,17-7-6-8-18(25)13-17)16-27-22(30)32-23(2,3)4/h6-8,13,19H,5,9-12,14-16H2,1-4H3,(H,27,30)/t19-,24+. The van der Waals surface area contributed by atoms with E-state index < -0.39 is 11.7 Å². The third kappa shape index (κ3) is 6.15. The summed E-state index contributed by atoms with van der Waals surface area (Å²) in [6.45, 7) is 9.03. The van der Waals surface area contributed by atoms with Crippen LogP contribution in [0.25, 0.3) is 0 Å². The second-order valence-corrected chi connectivity index (χ2v) is 9.98. The quantitative estimate of drug-likeness (QED) is 0.705. The molecule has 0 bridgehead atoms. The van der Waals surface area contributed by atoms with E-state index in [4.69, 9.17) is 21.1 Å². The molecular formula is C24H34ClN3O4. The van der Waals surface area contributed by atoms with Crippen LogP contribution in [-0.4, -0.2) is 60.7 Å². The third-order valence-electron chi connectivity index (χ3n) is 6.09. The van der Waals surface area contributed by atoms with Crippen LogP contribution in [0, 0.1) is 0 Å². The van der Waals surface area contributed by atoms with Gasteiger partial charge in [0.1, 0.15) is 12.1 Å². The van der Waals surface area contributed by atoms with E-state index in [0.717, 1.165) is 31.2 Å². The van der Waals surface area contributed by atoms with E-state index in [1.807, 2.05) is 50.8 Å². The summed E-state index contributed by atoms with van der Waals surface area (Å²) in [5.74, 6) is 0.672. The van der Waals surface area contributed by atoms with Gasteiger partial charge in [-0.05, 0) is 71.1 Å². The van der Waals surface area contributed by atoms with Crippen molar-refractivity contribution in [2.75, 3.05) is 26.2 Å². The Morgan fingerprint density at radius 3 is 2.66 bits per heavy atom. The maximum absolute atomic E-state index is 12.5. The Labute approximate surface area is 195 Å². The Kier molecular flexibility index (Phi) is 7.70. The van der Waals surface area contributed by atoms with E-state index in [-0.39, 0.29) is 23.9 Å². The molecular weight excluding hydrogens is 430 g/mol. The predicted molar refractivity (Wildman–Crippen MR) is 125 cm³/mol. The number of alkyl carbamates (subject to hydrolysis) is 1. The lowest BCUT2D eigenvalue weighted by molar-refractivity contribution is -0.132. The van der Waals surface area contributed by atoms with Crippen molar-refractivity contribution in [1.82, 2.24) is 10.2 Å². The zero-order valence-corrected chi connectivity index (χ0v) is 20.2. The summed E-state index contributed by atoms with van der Waals surface area (Å²) in [6.07, 6.45) is 2.86. The van der Waals surface area contributed by atoms with Gasteiger partial charge in [-0.15, -0.1) is 0 Å². The molecule has 0 unspecified atom stereocenters. The summed E-state index contributed by atoms with van der Waals surface area (Å²) < 4.78 is 11.0. The average Bonchev–Trinajstić information content (AvgIpc) is 2.73. The highest BCUT2D eigenvalue weighted by atomic mass is 35.5. The summed E-state index contributed by atoms with van der Waals surface area (Å²) in [4.78, 5) is 31.0. The van der Waals surface area contributed by atoms with Gasteiger partial charge in [0.2, 0.25) is 11.8 Å². The molecule has 1 fully saturated rings. The van der Waals surface area contributed by atoms with Gasteiger partial charge in [-0.25, -0.2) is 9.79 Å². The molecule has 1 aliphatic heterocycles. The van der Waals surface area contributed by atoms with Gasteiger partial charge in [-0.3, -0.25) is 4.79 Å². The van der Waals surface area contributed by atoms with E-state index in [9.17, 15) is 9.59 Å². The minimum Gasteiger partial charge on any atom is -0.480 e. The number of benzene rings is 1. The molecule has 176 valence electrons. The number of nitrogens with one attached hydrogen (secondary N) is 1. The molecule has 0 radical (unpaired) electrons. The first-order valence-corrected chi connectivity index (χ1v) is 11.7. The summed E-state index contributed by atoms with van der Waals surface area (Å²) in [7, 11) is 0. The minimum atomic E-state index is -0.556. The second kappa shape index (κ2) is 10.1. The number of aliphatic imine (C=N–C) groups is 1. The number of ether oxygens (including phenoxy) is 2. The molecule has 3 rings (SSSR count). The SMILES string of the molecule is CCOC1=NCC(=O)N([C@H]2CC[C@@](CNC(=O)OC(C)(C)C)(c3cccc(Cl)c3)CC2)C1. The number of nitrogens with zero attached hydrogens (tertiary/aromatic N) is 2. The van der Waals surface area contributed by atoms with Crippen molar-refractivity contribution in [3.8, 4) is 0 Å². The number of carbonyl (C=O) groups excluding carboxylic acids is 2. The van der Waals surface area contributed by atoms with Crippen LogP contribution >= 0.6 is 11.6 Å². The largest absolute Gasteiger partial charge is 0.480 e. The fourth-order valence-corrected chi connectivity index (χ4v) is 4.72. The van der Waals surface area contributed by atoms with E-state index in [1.165, 1.54) is 0 Å². The van der Waals surface area contributed by atoms with Crippen LogP contribution in [0.1, 0.15) is 58.9 Å². The maximum Gasteiger partial charge on any atom is 0.407 e. The van der Waals surface area contributed by atoms with Crippen LogP contribution in [0.2, 0.25) is 5.02 Å². The highest BCUT2D eigenvalue weighted by molar-refractivity contribution is 6.30. The van der Waals surface area contributed by atoms with Crippen LogP contribution < -0.4 is 5.32 Å². The molecule has 8 heteroatoms. The van der Waals surface area contributed by atoms with Crippen molar-refractivity contribution in [3.05, 3.63) is 34.9 Å². The van der Waals surface area contributed by atoms with E-state index in [1.54, 1.807) is 0 Å². The van der Waals surface area contributed by atoms with Crippen LogP contribution in [-0.2, 0) is 19.7 Å². The molecule has 0 atom stereocenters. The summed E-state index contributed by atoms with van der Waals surface area (Å²) in [5, 5.41) is 3.64. The molecule has 7 nitrogen and oxygen atoms in total. The highest BCUT2D eigenvalue weighted by Gasteiger charge is 2.41. The lowest BCUT2D eigenvalue weighted by Crippen LogP contribution is -2.52. The molecule has 1 saturated carbocycles. The zero-order valence-electron chi connectivity index (χ0n) is 19.4. The molecule has 2 aliphatic rings. The number of rotatable bonds is 5. The molecule has 1 aromatic carbocycles. The molecule has 0 aromatic heterocycles.